The lowest BCUT2D eigenvalue weighted by atomic mass is 9.57. The molecule has 1 fully saturated rings. The van der Waals surface area contributed by atoms with E-state index in [0.717, 1.165) is 11.4 Å². The lowest BCUT2D eigenvalue weighted by molar-refractivity contribution is 0.00578. The minimum Gasteiger partial charge on any atom is -0.403 e. The van der Waals surface area contributed by atoms with Crippen LogP contribution in [0.3, 0.4) is 0 Å². The minimum absolute atomic E-state index is 0.0983. The minimum atomic E-state index is -0.283. The number of hydrogen-bond donors (Lipinski definition) is 0. The van der Waals surface area contributed by atoms with E-state index in [1.807, 2.05) is 12.1 Å². The van der Waals surface area contributed by atoms with Gasteiger partial charge in [0.05, 0.1) is 11.2 Å². The van der Waals surface area contributed by atoms with Gasteiger partial charge >= 0.3 is 7.12 Å². The normalized spacial score (nSPS) is 21.2. The van der Waals surface area contributed by atoms with E-state index >= 15 is 0 Å². The van der Waals surface area contributed by atoms with Crippen molar-refractivity contribution < 1.29 is 9.31 Å². The zero-order valence-electron chi connectivity index (χ0n) is 13.3. The molecule has 0 unspecified atom stereocenters. The van der Waals surface area contributed by atoms with Gasteiger partial charge in [-0.25, -0.2) is 0 Å². The third-order valence-electron chi connectivity index (χ3n) is 4.46. The number of halogens is 1. The van der Waals surface area contributed by atoms with Crippen LogP contribution >= 0.6 is 11.6 Å². The van der Waals surface area contributed by atoms with E-state index in [1.165, 1.54) is 5.56 Å². The lowest BCUT2D eigenvalue weighted by Crippen LogP contribution is -2.41. The second-order valence-electron chi connectivity index (χ2n) is 7.38. The smallest absolute Gasteiger partial charge is 0.403 e. The Hall–Kier alpha value is -0.505. The Bertz CT molecular complexity index is 464. The Labute approximate surface area is 127 Å². The second-order valence-corrected chi connectivity index (χ2v) is 7.82. The fourth-order valence-electron chi connectivity index (χ4n) is 2.37. The summed E-state index contributed by atoms with van der Waals surface area (Å²) in [5, 5.41) is 0.668. The molecule has 20 heavy (non-hydrogen) atoms. The first-order valence-electron chi connectivity index (χ1n) is 7.14. The molecular formula is C16H24BClO2. The molecule has 0 saturated carbocycles. The van der Waals surface area contributed by atoms with Crippen LogP contribution in [0.4, 0.5) is 0 Å². The zero-order chi connectivity index (χ0) is 15.2. The third kappa shape index (κ3) is 3.05. The van der Waals surface area contributed by atoms with E-state index in [2.05, 4.69) is 53.7 Å². The van der Waals surface area contributed by atoms with Crippen molar-refractivity contribution >= 4 is 18.7 Å². The van der Waals surface area contributed by atoms with Gasteiger partial charge in [-0.1, -0.05) is 37.6 Å². The first kappa shape index (κ1) is 15.9. The van der Waals surface area contributed by atoms with Crippen LogP contribution in [0.5, 0.6) is 0 Å². The molecule has 0 spiro atoms. The quantitative estimate of drug-likeness (QED) is 0.749. The van der Waals surface area contributed by atoms with Crippen molar-refractivity contribution in [2.24, 2.45) is 0 Å². The van der Waals surface area contributed by atoms with Gasteiger partial charge in [0.2, 0.25) is 0 Å². The fourth-order valence-corrected chi connectivity index (χ4v) is 2.50. The van der Waals surface area contributed by atoms with Gasteiger partial charge in [-0.2, -0.15) is 0 Å². The Morgan fingerprint density at radius 1 is 1.00 bits per heavy atom. The Morgan fingerprint density at radius 2 is 1.45 bits per heavy atom. The predicted octanol–water partition coefficient (Wildman–Crippen LogP) is 4.75. The largest absolute Gasteiger partial charge is 0.464 e. The first-order chi connectivity index (χ1) is 9.03. The van der Waals surface area contributed by atoms with Gasteiger partial charge in [-0.05, 0) is 51.8 Å². The average molecular weight is 295 g/mol. The summed E-state index contributed by atoms with van der Waals surface area (Å²) >= 11 is 5.94. The van der Waals surface area contributed by atoms with Crippen LogP contribution in [0, 0.1) is 0 Å². The third-order valence-corrected chi connectivity index (χ3v) is 4.72. The van der Waals surface area contributed by atoms with Crippen molar-refractivity contribution in [2.45, 2.75) is 64.5 Å². The Kier molecular flexibility index (Phi) is 4.01. The summed E-state index contributed by atoms with van der Waals surface area (Å²) in [4.78, 5) is 0. The lowest BCUT2D eigenvalue weighted by Gasteiger charge is -2.32. The van der Waals surface area contributed by atoms with Crippen molar-refractivity contribution in [1.29, 1.82) is 0 Å². The number of rotatable bonds is 3. The van der Waals surface area contributed by atoms with E-state index in [4.69, 9.17) is 20.9 Å². The summed E-state index contributed by atoms with van der Waals surface area (Å²) in [6, 6.07) is 7.99. The molecule has 1 aromatic carbocycles. The maximum absolute atomic E-state index is 6.18. The highest BCUT2D eigenvalue weighted by Gasteiger charge is 2.56. The summed E-state index contributed by atoms with van der Waals surface area (Å²) in [7, 11) is -0.205. The zero-order valence-corrected chi connectivity index (χ0v) is 14.0. The van der Waals surface area contributed by atoms with Crippen LogP contribution in [0.15, 0.2) is 24.3 Å². The fraction of sp³-hybridized carbons (Fsp3) is 0.625. The van der Waals surface area contributed by atoms with Gasteiger partial charge < -0.3 is 9.31 Å². The van der Waals surface area contributed by atoms with E-state index < -0.39 is 0 Å². The molecule has 110 valence electrons. The van der Waals surface area contributed by atoms with Crippen LogP contribution in [0.25, 0.3) is 0 Å². The van der Waals surface area contributed by atoms with E-state index in [-0.39, 0.29) is 23.6 Å². The molecule has 1 aliphatic heterocycles. The van der Waals surface area contributed by atoms with Crippen molar-refractivity contribution in [1.82, 2.24) is 0 Å². The van der Waals surface area contributed by atoms with E-state index in [0.29, 0.717) is 0 Å². The van der Waals surface area contributed by atoms with Gasteiger partial charge in [0, 0.05) is 10.3 Å². The van der Waals surface area contributed by atoms with Crippen LogP contribution in [-0.4, -0.2) is 18.3 Å². The van der Waals surface area contributed by atoms with Gasteiger partial charge in [0.25, 0.3) is 0 Å². The molecule has 2 nitrogen and oxygen atoms in total. The van der Waals surface area contributed by atoms with E-state index in [1.54, 1.807) is 0 Å². The molecule has 1 heterocycles. The van der Waals surface area contributed by atoms with Crippen molar-refractivity contribution in [3.63, 3.8) is 0 Å². The van der Waals surface area contributed by atoms with Gasteiger partial charge in [0.15, 0.2) is 0 Å². The average Bonchev–Trinajstić information content (AvgIpc) is 2.52. The summed E-state index contributed by atoms with van der Waals surface area (Å²) in [5.74, 6) is 0. The molecule has 0 atom stereocenters. The molecule has 0 N–H and O–H groups in total. The summed E-state index contributed by atoms with van der Waals surface area (Å²) in [6.45, 7) is 12.7. The summed E-state index contributed by atoms with van der Waals surface area (Å²) < 4.78 is 12.4. The van der Waals surface area contributed by atoms with Gasteiger partial charge in [0.1, 0.15) is 0 Å². The molecule has 2 rings (SSSR count). The van der Waals surface area contributed by atoms with Gasteiger partial charge in [-0.15, -0.1) is 0 Å². The van der Waals surface area contributed by atoms with Crippen LogP contribution < -0.4 is 0 Å². The Balaban J connectivity index is 2.13. The SMILES string of the molecule is CC(C)(Cc1ccc(Cl)cc1)B1OC(C)(C)C(C)(C)O1. The van der Waals surface area contributed by atoms with Crippen LogP contribution in [-0.2, 0) is 15.7 Å². The van der Waals surface area contributed by atoms with Gasteiger partial charge in [-0.3, -0.25) is 0 Å². The molecule has 0 amide bonds. The first-order valence-corrected chi connectivity index (χ1v) is 7.51. The number of hydrogen-bond acceptors (Lipinski definition) is 2. The highest BCUT2D eigenvalue weighted by Crippen LogP contribution is 2.46. The van der Waals surface area contributed by atoms with Crippen molar-refractivity contribution in [2.75, 3.05) is 0 Å². The van der Waals surface area contributed by atoms with Crippen molar-refractivity contribution in [3.8, 4) is 0 Å². The maximum atomic E-state index is 6.18. The van der Waals surface area contributed by atoms with Crippen molar-refractivity contribution in [3.05, 3.63) is 34.9 Å². The molecule has 4 heteroatoms. The van der Waals surface area contributed by atoms with Crippen LogP contribution in [0.1, 0.15) is 47.1 Å². The monoisotopic (exact) mass is 294 g/mol. The topological polar surface area (TPSA) is 18.5 Å². The highest BCUT2D eigenvalue weighted by molar-refractivity contribution is 6.49. The van der Waals surface area contributed by atoms with E-state index in [9.17, 15) is 0 Å². The summed E-state index contributed by atoms with van der Waals surface area (Å²) in [6.07, 6.45) is 0.890. The molecule has 0 bridgehead atoms. The standard InChI is InChI=1S/C16H24BClO2/c1-14(2,11-12-7-9-13(18)10-8-12)17-19-15(3,4)16(5,6)20-17/h7-10H,11H2,1-6H3. The number of benzene rings is 1. The molecule has 0 radical (unpaired) electrons. The maximum Gasteiger partial charge on any atom is 0.464 e. The molecule has 1 aliphatic rings. The highest BCUT2D eigenvalue weighted by atomic mass is 35.5. The molecule has 0 aliphatic carbocycles. The molecule has 0 aromatic heterocycles. The molecule has 1 aromatic rings. The Morgan fingerprint density at radius 3 is 1.90 bits per heavy atom. The second kappa shape index (κ2) is 5.05. The molecule has 1 saturated heterocycles. The predicted molar refractivity (Wildman–Crippen MR) is 85.3 cm³/mol. The molecular weight excluding hydrogens is 270 g/mol. The summed E-state index contributed by atoms with van der Waals surface area (Å²) in [5.41, 5.74) is 0.679. The van der Waals surface area contributed by atoms with Crippen LogP contribution in [0.2, 0.25) is 10.3 Å².